The summed E-state index contributed by atoms with van der Waals surface area (Å²) in [5.41, 5.74) is 0. The van der Waals surface area contributed by atoms with E-state index in [1.54, 1.807) is 0 Å². The maximum atomic E-state index is 12.6. The van der Waals surface area contributed by atoms with Crippen molar-refractivity contribution in [3.8, 4) is 0 Å². The first-order chi connectivity index (χ1) is 9.33. The number of hydrogen-bond donors (Lipinski definition) is 1. The van der Waals surface area contributed by atoms with Gasteiger partial charge in [0.2, 0.25) is 5.91 Å². The van der Waals surface area contributed by atoms with Gasteiger partial charge in [-0.1, -0.05) is 19.3 Å². The molecule has 1 N–H and O–H groups in total. The molecule has 0 aromatic carbocycles. The summed E-state index contributed by atoms with van der Waals surface area (Å²) in [4.78, 5) is 14.8. The Bertz CT molecular complexity index is 302. The first kappa shape index (κ1) is 13.4. The topological polar surface area (TPSA) is 32.3 Å². The molecule has 108 valence electrons. The fourth-order valence-corrected chi connectivity index (χ4v) is 3.75. The van der Waals surface area contributed by atoms with Gasteiger partial charge in [-0.3, -0.25) is 4.79 Å². The third-order valence-corrected chi connectivity index (χ3v) is 5.08. The zero-order valence-corrected chi connectivity index (χ0v) is 12.1. The lowest BCUT2D eigenvalue weighted by Crippen LogP contribution is -2.43. The van der Waals surface area contributed by atoms with Crippen LogP contribution in [0.4, 0.5) is 0 Å². The summed E-state index contributed by atoms with van der Waals surface area (Å²) in [5.74, 6) is 1.13. The van der Waals surface area contributed by atoms with Crippen molar-refractivity contribution in [3.63, 3.8) is 0 Å². The Hall–Kier alpha value is -0.570. The molecule has 1 aliphatic heterocycles. The summed E-state index contributed by atoms with van der Waals surface area (Å²) in [5, 5.41) is 3.53. The van der Waals surface area contributed by atoms with Crippen LogP contribution in [0.15, 0.2) is 0 Å². The van der Waals surface area contributed by atoms with Gasteiger partial charge >= 0.3 is 0 Å². The van der Waals surface area contributed by atoms with E-state index in [9.17, 15) is 4.79 Å². The van der Waals surface area contributed by atoms with Crippen LogP contribution in [0.2, 0.25) is 0 Å². The fourth-order valence-electron chi connectivity index (χ4n) is 3.75. The van der Waals surface area contributed by atoms with E-state index in [2.05, 4.69) is 10.2 Å². The van der Waals surface area contributed by atoms with E-state index in [4.69, 9.17) is 0 Å². The van der Waals surface area contributed by atoms with Crippen molar-refractivity contribution in [3.05, 3.63) is 0 Å². The summed E-state index contributed by atoms with van der Waals surface area (Å²) in [6.45, 7) is 2.11. The predicted molar refractivity (Wildman–Crippen MR) is 77.0 cm³/mol. The van der Waals surface area contributed by atoms with Crippen molar-refractivity contribution in [2.75, 3.05) is 13.1 Å². The molecule has 0 spiro atoms. The second-order valence-electron chi connectivity index (χ2n) is 6.78. The van der Waals surface area contributed by atoms with E-state index in [0.29, 0.717) is 23.9 Å². The highest BCUT2D eigenvalue weighted by Gasteiger charge is 2.35. The molecule has 0 aromatic heterocycles. The molecule has 1 saturated heterocycles. The van der Waals surface area contributed by atoms with Gasteiger partial charge in [0.05, 0.1) is 0 Å². The lowest BCUT2D eigenvalue weighted by molar-refractivity contribution is -0.133. The highest BCUT2D eigenvalue weighted by Crippen LogP contribution is 2.31. The molecule has 2 aliphatic carbocycles. The van der Waals surface area contributed by atoms with Crippen LogP contribution >= 0.6 is 0 Å². The van der Waals surface area contributed by atoms with Gasteiger partial charge < -0.3 is 10.2 Å². The second kappa shape index (κ2) is 6.25. The number of nitrogens with zero attached hydrogens (tertiary/aromatic N) is 1. The molecule has 3 nitrogen and oxygen atoms in total. The van der Waals surface area contributed by atoms with E-state index >= 15 is 0 Å². The first-order valence-corrected chi connectivity index (χ1v) is 8.36. The summed E-state index contributed by atoms with van der Waals surface area (Å²) in [6, 6.07) is 1.15. The van der Waals surface area contributed by atoms with Crippen molar-refractivity contribution in [1.29, 1.82) is 0 Å². The summed E-state index contributed by atoms with van der Waals surface area (Å²) in [6.07, 6.45) is 12.5. The molecular formula is C16H28N2O. The van der Waals surface area contributed by atoms with Crippen molar-refractivity contribution in [2.45, 2.75) is 76.3 Å². The van der Waals surface area contributed by atoms with Crippen LogP contribution in [0.3, 0.4) is 0 Å². The minimum Gasteiger partial charge on any atom is -0.338 e. The molecule has 1 atom stereocenters. The van der Waals surface area contributed by atoms with Gasteiger partial charge in [-0.15, -0.1) is 0 Å². The molecule has 19 heavy (non-hydrogen) atoms. The van der Waals surface area contributed by atoms with E-state index in [1.807, 2.05) is 0 Å². The standard InChI is InChI=1S/C16H28N2O/c19-16(11-13-5-2-1-3-6-13)18(15-8-9-15)12-14-7-4-10-17-14/h13-15,17H,1-12H2. The predicted octanol–water partition coefficient (Wildman–Crippen LogP) is 2.70. The average molecular weight is 264 g/mol. The van der Waals surface area contributed by atoms with Crippen molar-refractivity contribution in [1.82, 2.24) is 10.2 Å². The van der Waals surface area contributed by atoms with Gasteiger partial charge in [-0.2, -0.15) is 0 Å². The quantitative estimate of drug-likeness (QED) is 0.828. The van der Waals surface area contributed by atoms with Gasteiger partial charge in [0.25, 0.3) is 0 Å². The maximum absolute atomic E-state index is 12.6. The number of rotatable bonds is 5. The SMILES string of the molecule is O=C(CC1CCCCC1)N(CC1CCCN1)C1CC1. The maximum Gasteiger partial charge on any atom is 0.223 e. The lowest BCUT2D eigenvalue weighted by atomic mass is 9.86. The van der Waals surface area contributed by atoms with Crippen LogP contribution in [0, 0.1) is 5.92 Å². The van der Waals surface area contributed by atoms with Crippen LogP contribution < -0.4 is 5.32 Å². The van der Waals surface area contributed by atoms with Gasteiger partial charge in [0.15, 0.2) is 0 Å². The van der Waals surface area contributed by atoms with E-state index in [1.165, 1.54) is 57.8 Å². The minimum atomic E-state index is 0.447. The monoisotopic (exact) mass is 264 g/mol. The van der Waals surface area contributed by atoms with Gasteiger partial charge in [-0.05, 0) is 51.0 Å². The highest BCUT2D eigenvalue weighted by atomic mass is 16.2. The van der Waals surface area contributed by atoms with Gasteiger partial charge in [0.1, 0.15) is 0 Å². The number of nitrogens with one attached hydrogen (secondary N) is 1. The second-order valence-corrected chi connectivity index (χ2v) is 6.78. The Balaban J connectivity index is 1.51. The average Bonchev–Trinajstić information content (AvgIpc) is 3.14. The van der Waals surface area contributed by atoms with E-state index < -0.39 is 0 Å². The Kier molecular flexibility index (Phi) is 4.42. The Morgan fingerprint density at radius 3 is 2.42 bits per heavy atom. The zero-order valence-electron chi connectivity index (χ0n) is 12.1. The molecule has 0 aromatic rings. The molecule has 0 bridgehead atoms. The summed E-state index contributed by atoms with van der Waals surface area (Å²) in [7, 11) is 0. The number of carbonyl (C=O) groups excluding carboxylic acids is 1. The van der Waals surface area contributed by atoms with E-state index in [-0.39, 0.29) is 0 Å². The Labute approximate surface area is 117 Å². The third-order valence-electron chi connectivity index (χ3n) is 5.08. The molecule has 0 radical (unpaired) electrons. The molecule has 3 rings (SSSR count). The van der Waals surface area contributed by atoms with Crippen molar-refractivity contribution < 1.29 is 4.79 Å². The Morgan fingerprint density at radius 1 is 1.00 bits per heavy atom. The van der Waals surface area contributed by atoms with Crippen LogP contribution in [-0.2, 0) is 4.79 Å². The molecule has 2 saturated carbocycles. The lowest BCUT2D eigenvalue weighted by Gasteiger charge is -2.29. The van der Waals surface area contributed by atoms with Gasteiger partial charge in [-0.25, -0.2) is 0 Å². The number of hydrogen-bond acceptors (Lipinski definition) is 2. The summed E-state index contributed by atoms with van der Waals surface area (Å²) < 4.78 is 0. The van der Waals surface area contributed by atoms with Crippen LogP contribution in [0.5, 0.6) is 0 Å². The van der Waals surface area contributed by atoms with Crippen molar-refractivity contribution in [2.24, 2.45) is 5.92 Å². The molecular weight excluding hydrogens is 236 g/mol. The molecule has 1 amide bonds. The number of carbonyl (C=O) groups is 1. The smallest absolute Gasteiger partial charge is 0.223 e. The molecule has 1 heterocycles. The minimum absolute atomic E-state index is 0.447. The largest absolute Gasteiger partial charge is 0.338 e. The zero-order chi connectivity index (χ0) is 13.1. The molecule has 3 heteroatoms. The van der Waals surface area contributed by atoms with Crippen molar-refractivity contribution >= 4 is 5.91 Å². The van der Waals surface area contributed by atoms with Crippen LogP contribution in [-0.4, -0.2) is 36.0 Å². The third kappa shape index (κ3) is 3.71. The first-order valence-electron chi connectivity index (χ1n) is 8.36. The molecule has 3 fully saturated rings. The summed E-state index contributed by atoms with van der Waals surface area (Å²) >= 11 is 0. The van der Waals surface area contributed by atoms with E-state index in [0.717, 1.165) is 19.5 Å². The van der Waals surface area contributed by atoms with Crippen LogP contribution in [0.1, 0.15) is 64.2 Å². The molecule has 3 aliphatic rings. The molecule has 1 unspecified atom stereocenters. The number of amides is 1. The highest BCUT2D eigenvalue weighted by molar-refractivity contribution is 5.77. The van der Waals surface area contributed by atoms with Crippen LogP contribution in [0.25, 0.3) is 0 Å². The fraction of sp³-hybridized carbons (Fsp3) is 0.938. The van der Waals surface area contributed by atoms with Gasteiger partial charge in [0, 0.05) is 25.0 Å². The Morgan fingerprint density at radius 2 is 1.79 bits per heavy atom. The normalized spacial score (nSPS) is 28.5.